The highest BCUT2D eigenvalue weighted by Gasteiger charge is 2.06. The largest absolute Gasteiger partial charge is 0.355 e. The van der Waals surface area contributed by atoms with Gasteiger partial charge in [-0.05, 0) is 6.42 Å². The van der Waals surface area contributed by atoms with Gasteiger partial charge in [0.2, 0.25) is 11.8 Å². The van der Waals surface area contributed by atoms with Crippen molar-refractivity contribution in [3.63, 3.8) is 0 Å². The Kier molecular flexibility index (Phi) is 5.78. The van der Waals surface area contributed by atoms with Crippen LogP contribution in [0.15, 0.2) is 6.20 Å². The fourth-order valence-electron chi connectivity index (χ4n) is 1.23. The molecule has 0 aliphatic carbocycles. The van der Waals surface area contributed by atoms with Gasteiger partial charge in [-0.2, -0.15) is 0 Å². The molecule has 0 radical (unpaired) electrons. The molecule has 0 unspecified atom stereocenters. The number of rotatable bonds is 7. The Labute approximate surface area is 105 Å². The first-order valence-corrected chi connectivity index (χ1v) is 5.78. The van der Waals surface area contributed by atoms with Crippen molar-refractivity contribution in [2.24, 2.45) is 5.73 Å². The maximum atomic E-state index is 11.4. The first kappa shape index (κ1) is 14.1. The van der Waals surface area contributed by atoms with E-state index in [1.807, 2.05) is 6.92 Å². The normalized spacial score (nSPS) is 10.1. The molecule has 1 aromatic rings. The van der Waals surface area contributed by atoms with Crippen molar-refractivity contribution >= 4 is 11.8 Å². The predicted octanol–water partition coefficient (Wildman–Crippen LogP) is -1.62. The Bertz CT molecular complexity index is 403. The summed E-state index contributed by atoms with van der Waals surface area (Å²) < 4.78 is 1.43. The van der Waals surface area contributed by atoms with E-state index in [9.17, 15) is 9.59 Å². The molecule has 0 bridgehead atoms. The molecule has 0 aliphatic rings. The topological polar surface area (TPSA) is 115 Å². The number of hydrogen-bond acceptors (Lipinski definition) is 5. The summed E-state index contributed by atoms with van der Waals surface area (Å²) in [6.07, 6.45) is 2.50. The summed E-state index contributed by atoms with van der Waals surface area (Å²) in [7, 11) is 0. The molecule has 0 fully saturated rings. The van der Waals surface area contributed by atoms with Crippen LogP contribution >= 0.6 is 0 Å². The van der Waals surface area contributed by atoms with Crippen LogP contribution in [0.3, 0.4) is 0 Å². The van der Waals surface area contributed by atoms with Gasteiger partial charge in [0.1, 0.15) is 12.2 Å². The maximum Gasteiger partial charge on any atom is 0.241 e. The molecule has 0 spiro atoms. The molecule has 2 amide bonds. The van der Waals surface area contributed by atoms with E-state index in [0.29, 0.717) is 12.2 Å². The van der Waals surface area contributed by atoms with Crippen molar-refractivity contribution in [2.45, 2.75) is 26.4 Å². The second-order valence-electron chi connectivity index (χ2n) is 3.74. The van der Waals surface area contributed by atoms with Crippen LogP contribution in [0.1, 0.15) is 19.0 Å². The smallest absolute Gasteiger partial charge is 0.241 e. The average Bonchev–Trinajstić information content (AvgIpc) is 2.81. The molecule has 0 saturated carbocycles. The number of carbonyl (C=O) groups excluding carboxylic acids is 2. The molecule has 1 rings (SSSR count). The summed E-state index contributed by atoms with van der Waals surface area (Å²) in [5, 5.41) is 12.9. The minimum Gasteiger partial charge on any atom is -0.355 e. The van der Waals surface area contributed by atoms with Gasteiger partial charge in [-0.1, -0.05) is 12.1 Å². The molecule has 0 aliphatic heterocycles. The summed E-state index contributed by atoms with van der Waals surface area (Å²) in [5.41, 5.74) is 5.73. The van der Waals surface area contributed by atoms with Crippen LogP contribution < -0.4 is 16.4 Å². The summed E-state index contributed by atoms with van der Waals surface area (Å²) in [5.74, 6) is -0.371. The first-order valence-electron chi connectivity index (χ1n) is 5.78. The van der Waals surface area contributed by atoms with Crippen molar-refractivity contribution in [1.29, 1.82) is 0 Å². The summed E-state index contributed by atoms with van der Waals surface area (Å²) in [6.45, 7) is 2.94. The molecular weight excluding hydrogens is 236 g/mol. The van der Waals surface area contributed by atoms with Gasteiger partial charge < -0.3 is 16.4 Å². The van der Waals surface area contributed by atoms with Crippen molar-refractivity contribution < 1.29 is 9.59 Å². The molecule has 100 valence electrons. The number of hydrogen-bond donors (Lipinski definition) is 3. The quantitative estimate of drug-likeness (QED) is 0.541. The molecular formula is C10H18N6O2. The summed E-state index contributed by atoms with van der Waals surface area (Å²) >= 11 is 0. The molecule has 0 aromatic carbocycles. The number of amides is 2. The van der Waals surface area contributed by atoms with Crippen LogP contribution in [0, 0.1) is 0 Å². The van der Waals surface area contributed by atoms with Gasteiger partial charge in [0.15, 0.2) is 0 Å². The SMILES string of the molecule is CCCNC(=O)Cn1cc(CNC(=O)CN)nn1. The standard InChI is InChI=1S/C10H18N6O2/c1-2-3-12-10(18)7-16-6-8(14-15-16)5-13-9(17)4-11/h6H,2-5,7,11H2,1H3,(H,12,18)(H,13,17). The van der Waals surface area contributed by atoms with Crippen molar-refractivity contribution in [3.05, 3.63) is 11.9 Å². The Hall–Kier alpha value is -1.96. The van der Waals surface area contributed by atoms with Crippen LogP contribution in [-0.2, 0) is 22.7 Å². The molecule has 8 nitrogen and oxygen atoms in total. The zero-order valence-corrected chi connectivity index (χ0v) is 10.3. The molecule has 0 saturated heterocycles. The van der Waals surface area contributed by atoms with Crippen molar-refractivity contribution in [3.8, 4) is 0 Å². The van der Waals surface area contributed by atoms with Crippen LogP contribution in [0.2, 0.25) is 0 Å². The zero-order valence-electron chi connectivity index (χ0n) is 10.3. The number of nitrogens with two attached hydrogens (primary N) is 1. The lowest BCUT2D eigenvalue weighted by Gasteiger charge is -2.02. The minimum absolute atomic E-state index is 0.0619. The monoisotopic (exact) mass is 254 g/mol. The van der Waals surface area contributed by atoms with Gasteiger partial charge >= 0.3 is 0 Å². The van der Waals surface area contributed by atoms with Gasteiger partial charge in [-0.3, -0.25) is 9.59 Å². The first-order chi connectivity index (χ1) is 8.65. The van der Waals surface area contributed by atoms with Gasteiger partial charge in [-0.15, -0.1) is 5.10 Å². The second kappa shape index (κ2) is 7.38. The van der Waals surface area contributed by atoms with Crippen molar-refractivity contribution in [1.82, 2.24) is 25.6 Å². The van der Waals surface area contributed by atoms with Crippen LogP contribution in [0.4, 0.5) is 0 Å². The van der Waals surface area contributed by atoms with Gasteiger partial charge in [0, 0.05) is 6.54 Å². The molecule has 18 heavy (non-hydrogen) atoms. The predicted molar refractivity (Wildman–Crippen MR) is 64.2 cm³/mol. The zero-order chi connectivity index (χ0) is 13.4. The fourth-order valence-corrected chi connectivity index (χ4v) is 1.23. The van der Waals surface area contributed by atoms with Crippen LogP contribution in [0.5, 0.6) is 0 Å². The lowest BCUT2D eigenvalue weighted by atomic mass is 10.4. The van der Waals surface area contributed by atoms with E-state index < -0.39 is 0 Å². The highest BCUT2D eigenvalue weighted by molar-refractivity contribution is 5.77. The van der Waals surface area contributed by atoms with Crippen molar-refractivity contribution in [2.75, 3.05) is 13.1 Å². The van der Waals surface area contributed by atoms with E-state index in [1.165, 1.54) is 4.68 Å². The molecule has 4 N–H and O–H groups in total. The second-order valence-corrected chi connectivity index (χ2v) is 3.74. The Morgan fingerprint density at radius 1 is 1.39 bits per heavy atom. The molecule has 0 atom stereocenters. The lowest BCUT2D eigenvalue weighted by Crippen LogP contribution is -2.29. The average molecular weight is 254 g/mol. The van der Waals surface area contributed by atoms with E-state index in [0.717, 1.165) is 6.42 Å². The minimum atomic E-state index is -0.259. The Morgan fingerprint density at radius 3 is 2.83 bits per heavy atom. The van der Waals surface area contributed by atoms with Crippen LogP contribution in [-0.4, -0.2) is 39.9 Å². The van der Waals surface area contributed by atoms with E-state index in [-0.39, 0.29) is 31.4 Å². The Morgan fingerprint density at radius 2 is 2.17 bits per heavy atom. The van der Waals surface area contributed by atoms with E-state index in [2.05, 4.69) is 20.9 Å². The number of nitrogens with one attached hydrogen (secondary N) is 2. The number of aromatic nitrogens is 3. The molecule has 1 heterocycles. The Balaban J connectivity index is 2.38. The number of nitrogens with zero attached hydrogens (tertiary/aromatic N) is 3. The molecule has 8 heteroatoms. The van der Waals surface area contributed by atoms with Gasteiger partial charge in [0.05, 0.1) is 19.3 Å². The fraction of sp³-hybridized carbons (Fsp3) is 0.600. The summed E-state index contributed by atoms with van der Waals surface area (Å²) in [6, 6.07) is 0. The third kappa shape index (κ3) is 4.91. The van der Waals surface area contributed by atoms with E-state index in [4.69, 9.17) is 5.73 Å². The van der Waals surface area contributed by atoms with E-state index >= 15 is 0 Å². The highest BCUT2D eigenvalue weighted by Crippen LogP contribution is 1.92. The third-order valence-electron chi connectivity index (χ3n) is 2.12. The lowest BCUT2D eigenvalue weighted by molar-refractivity contribution is -0.122. The third-order valence-corrected chi connectivity index (χ3v) is 2.12. The molecule has 1 aromatic heterocycles. The summed E-state index contributed by atoms with van der Waals surface area (Å²) in [4.78, 5) is 22.3. The van der Waals surface area contributed by atoms with E-state index in [1.54, 1.807) is 6.20 Å². The van der Waals surface area contributed by atoms with Crippen LogP contribution in [0.25, 0.3) is 0 Å². The number of carbonyl (C=O) groups is 2. The maximum absolute atomic E-state index is 11.4. The van der Waals surface area contributed by atoms with Gasteiger partial charge in [0.25, 0.3) is 0 Å². The highest BCUT2D eigenvalue weighted by atomic mass is 16.2. The van der Waals surface area contributed by atoms with Gasteiger partial charge in [-0.25, -0.2) is 4.68 Å².